The fraction of sp³-hybridized carbons (Fsp3) is 0.167. The average Bonchev–Trinajstić information content (AvgIpc) is 3.03. The van der Waals surface area contributed by atoms with Gasteiger partial charge in [-0.05, 0) is 42.0 Å². The third kappa shape index (κ3) is 5.32. The lowest BCUT2D eigenvalue weighted by Crippen LogP contribution is -2.16. The maximum absolute atomic E-state index is 12.6. The first kappa shape index (κ1) is 20.3. The second kappa shape index (κ2) is 8.31. The molecule has 152 valence electrons. The van der Waals surface area contributed by atoms with Gasteiger partial charge < -0.3 is 20.5 Å². The summed E-state index contributed by atoms with van der Waals surface area (Å²) in [5, 5.41) is 10.3. The fourth-order valence-electron chi connectivity index (χ4n) is 2.43. The van der Waals surface area contributed by atoms with Crippen LogP contribution >= 0.6 is 11.6 Å². The van der Waals surface area contributed by atoms with Crippen molar-refractivity contribution in [1.82, 2.24) is 15.0 Å². The minimum atomic E-state index is -3.82. The number of methoxy groups -OCH3 is 1. The highest BCUT2D eigenvalue weighted by Crippen LogP contribution is 2.26. The van der Waals surface area contributed by atoms with E-state index in [1.165, 1.54) is 28.9 Å². The molecule has 0 saturated heterocycles. The molecular formula is C18H16ClF2N5O3. The van der Waals surface area contributed by atoms with Crippen molar-refractivity contribution in [1.29, 1.82) is 0 Å². The number of halogens is 3. The molecule has 0 bridgehead atoms. The van der Waals surface area contributed by atoms with Crippen LogP contribution in [0.2, 0.25) is 0 Å². The van der Waals surface area contributed by atoms with E-state index in [2.05, 4.69) is 20.4 Å². The number of alkyl halides is 3. The van der Waals surface area contributed by atoms with Gasteiger partial charge in [-0.25, -0.2) is 4.68 Å². The molecule has 0 spiro atoms. The lowest BCUT2D eigenvalue weighted by molar-refractivity contribution is -0.0964. The van der Waals surface area contributed by atoms with Gasteiger partial charge in [0.1, 0.15) is 11.5 Å². The molecule has 3 N–H and O–H groups in total. The van der Waals surface area contributed by atoms with Gasteiger partial charge in [-0.15, -0.1) is 13.9 Å². The van der Waals surface area contributed by atoms with Crippen LogP contribution in [0.5, 0.6) is 11.5 Å². The van der Waals surface area contributed by atoms with Crippen molar-refractivity contribution < 1.29 is 23.0 Å². The number of aromatic nitrogens is 3. The predicted octanol–water partition coefficient (Wildman–Crippen LogP) is 3.34. The van der Waals surface area contributed by atoms with E-state index in [9.17, 15) is 13.6 Å². The van der Waals surface area contributed by atoms with Gasteiger partial charge in [0.15, 0.2) is 11.5 Å². The summed E-state index contributed by atoms with van der Waals surface area (Å²) in [5.74, 6) is 0.0411. The number of ether oxygens (including phenoxy) is 2. The summed E-state index contributed by atoms with van der Waals surface area (Å²) in [7, 11) is 1.57. The standard InChI is InChI=1S/C18H16ClF2N5O3/c1-28-13-6-2-11(3-7-13)10-26-16(22)15(24-25-26)17(27)23-12-4-8-14(9-5-12)29-18(19,20)21/h2-9H,10,22H2,1H3,(H,23,27). The largest absolute Gasteiger partial charge is 0.497 e. The molecule has 0 atom stereocenters. The molecule has 11 heteroatoms. The molecule has 0 saturated carbocycles. The third-order valence-corrected chi connectivity index (χ3v) is 3.90. The Balaban J connectivity index is 1.67. The van der Waals surface area contributed by atoms with Crippen molar-refractivity contribution in [2.45, 2.75) is 12.1 Å². The zero-order valence-electron chi connectivity index (χ0n) is 15.1. The first-order valence-electron chi connectivity index (χ1n) is 8.24. The maximum Gasteiger partial charge on any atom is 0.487 e. The van der Waals surface area contributed by atoms with Crippen LogP contribution in [0, 0.1) is 0 Å². The predicted molar refractivity (Wildman–Crippen MR) is 102 cm³/mol. The molecule has 2 aromatic carbocycles. The highest BCUT2D eigenvalue weighted by molar-refractivity contribution is 6.20. The van der Waals surface area contributed by atoms with Gasteiger partial charge in [-0.1, -0.05) is 17.3 Å². The molecule has 0 fully saturated rings. The van der Waals surface area contributed by atoms with Gasteiger partial charge in [0.2, 0.25) is 0 Å². The summed E-state index contributed by atoms with van der Waals surface area (Å²) in [6, 6.07) is 12.5. The SMILES string of the molecule is COc1ccc(Cn2nnc(C(=O)Nc3ccc(OC(F)(F)Cl)cc3)c2N)cc1. The highest BCUT2D eigenvalue weighted by Gasteiger charge is 2.27. The number of nitrogens with one attached hydrogen (secondary N) is 1. The molecule has 1 heterocycles. The summed E-state index contributed by atoms with van der Waals surface area (Å²) < 4.78 is 35.9. The van der Waals surface area contributed by atoms with Crippen LogP contribution in [0.1, 0.15) is 16.1 Å². The Morgan fingerprint density at radius 2 is 1.79 bits per heavy atom. The van der Waals surface area contributed by atoms with Gasteiger partial charge in [0.05, 0.1) is 13.7 Å². The van der Waals surface area contributed by atoms with Crippen LogP contribution in [0.4, 0.5) is 20.3 Å². The molecule has 0 unspecified atom stereocenters. The van der Waals surface area contributed by atoms with Crippen molar-refractivity contribution in [3.05, 3.63) is 59.8 Å². The third-order valence-electron chi connectivity index (χ3n) is 3.83. The Bertz CT molecular complexity index is 988. The number of nitrogens with zero attached hydrogens (tertiary/aromatic N) is 3. The highest BCUT2D eigenvalue weighted by atomic mass is 35.5. The van der Waals surface area contributed by atoms with Crippen molar-refractivity contribution in [2.24, 2.45) is 0 Å². The molecule has 1 aromatic heterocycles. The van der Waals surface area contributed by atoms with E-state index in [0.29, 0.717) is 18.0 Å². The number of nitrogens with two attached hydrogens (primary N) is 1. The van der Waals surface area contributed by atoms with Crippen molar-refractivity contribution in [3.63, 3.8) is 0 Å². The van der Waals surface area contributed by atoms with E-state index in [0.717, 1.165) is 5.56 Å². The van der Waals surface area contributed by atoms with Gasteiger partial charge >= 0.3 is 5.57 Å². The summed E-state index contributed by atoms with van der Waals surface area (Å²) in [6.07, 6.45) is 0. The number of amides is 1. The average molecular weight is 424 g/mol. The Kier molecular flexibility index (Phi) is 5.83. The van der Waals surface area contributed by atoms with Gasteiger partial charge in [-0.3, -0.25) is 4.79 Å². The van der Waals surface area contributed by atoms with Crippen LogP contribution in [-0.4, -0.2) is 33.6 Å². The van der Waals surface area contributed by atoms with Gasteiger partial charge in [-0.2, -0.15) is 0 Å². The smallest absolute Gasteiger partial charge is 0.487 e. The van der Waals surface area contributed by atoms with Gasteiger partial charge in [0, 0.05) is 17.3 Å². The molecule has 1 amide bonds. The van der Waals surface area contributed by atoms with E-state index >= 15 is 0 Å². The van der Waals surface area contributed by atoms with Crippen LogP contribution in [-0.2, 0) is 6.54 Å². The molecule has 0 radical (unpaired) electrons. The fourth-order valence-corrected chi connectivity index (χ4v) is 2.52. The number of hydrogen-bond donors (Lipinski definition) is 2. The number of rotatable bonds is 7. The number of carbonyl (C=O) groups excluding carboxylic acids is 1. The second-order valence-electron chi connectivity index (χ2n) is 5.86. The van der Waals surface area contributed by atoms with Crippen molar-refractivity contribution in [2.75, 3.05) is 18.2 Å². The van der Waals surface area contributed by atoms with Gasteiger partial charge in [0.25, 0.3) is 5.91 Å². The van der Waals surface area contributed by atoms with Crippen molar-refractivity contribution >= 4 is 29.0 Å². The molecule has 29 heavy (non-hydrogen) atoms. The van der Waals surface area contributed by atoms with Crippen molar-refractivity contribution in [3.8, 4) is 11.5 Å². The Hall–Kier alpha value is -3.40. The molecule has 0 aliphatic rings. The Morgan fingerprint density at radius 3 is 2.38 bits per heavy atom. The normalized spacial score (nSPS) is 11.2. The molecule has 3 aromatic rings. The minimum Gasteiger partial charge on any atom is -0.497 e. The van der Waals surface area contributed by atoms with E-state index < -0.39 is 11.5 Å². The molecule has 8 nitrogen and oxygen atoms in total. The van der Waals surface area contributed by atoms with Crippen LogP contribution in [0.25, 0.3) is 0 Å². The summed E-state index contributed by atoms with van der Waals surface area (Å²) in [4.78, 5) is 12.4. The van der Waals surface area contributed by atoms with Crippen LogP contribution in [0.15, 0.2) is 48.5 Å². The molecule has 0 aliphatic carbocycles. The molecule has 3 rings (SSSR count). The number of benzene rings is 2. The quantitative estimate of drug-likeness (QED) is 0.565. The maximum atomic E-state index is 12.6. The zero-order chi connectivity index (χ0) is 21.0. The first-order valence-corrected chi connectivity index (χ1v) is 8.62. The Labute approximate surface area is 169 Å². The first-order chi connectivity index (χ1) is 13.7. The minimum absolute atomic E-state index is 0.0638. The lowest BCUT2D eigenvalue weighted by atomic mass is 10.2. The monoisotopic (exact) mass is 423 g/mol. The summed E-state index contributed by atoms with van der Waals surface area (Å²) in [5.41, 5.74) is 3.32. The van der Waals surface area contributed by atoms with E-state index in [1.54, 1.807) is 19.2 Å². The molecular weight excluding hydrogens is 408 g/mol. The number of hydrogen-bond acceptors (Lipinski definition) is 6. The lowest BCUT2D eigenvalue weighted by Gasteiger charge is -2.11. The summed E-state index contributed by atoms with van der Waals surface area (Å²) in [6.45, 7) is 0.314. The summed E-state index contributed by atoms with van der Waals surface area (Å²) >= 11 is 4.70. The second-order valence-corrected chi connectivity index (χ2v) is 6.30. The topological polar surface area (TPSA) is 104 Å². The van der Waals surface area contributed by atoms with E-state index in [-0.39, 0.29) is 17.3 Å². The Morgan fingerprint density at radius 1 is 1.17 bits per heavy atom. The van der Waals surface area contributed by atoms with E-state index in [4.69, 9.17) is 22.1 Å². The molecule has 0 aliphatic heterocycles. The number of nitrogen functional groups attached to an aromatic ring is 1. The number of anilines is 2. The van der Waals surface area contributed by atoms with E-state index in [1.807, 2.05) is 12.1 Å². The van der Waals surface area contributed by atoms with Crippen LogP contribution < -0.4 is 20.5 Å². The number of carbonyl (C=O) groups is 1. The zero-order valence-corrected chi connectivity index (χ0v) is 15.9. The van der Waals surface area contributed by atoms with Crippen LogP contribution in [0.3, 0.4) is 0 Å².